The number of aromatic nitrogens is 2. The van der Waals surface area contributed by atoms with E-state index in [0.29, 0.717) is 18.0 Å². The van der Waals surface area contributed by atoms with E-state index in [4.69, 9.17) is 9.97 Å². The van der Waals surface area contributed by atoms with E-state index in [2.05, 4.69) is 22.8 Å². The first-order valence-electron chi connectivity index (χ1n) is 14.0. The van der Waals surface area contributed by atoms with Crippen molar-refractivity contribution in [1.82, 2.24) is 15.3 Å². The standard InChI is InChI=1S/C32H27F3N4OS2/c33-32(34,35)23-12-4-7-15-26(23)39-28(36-25-14-6-2-11-21(25)31(39)40)18-42-30-20-10-1-5-13-24(20)37-29(38-30)22-17-41-27-16-8-3-9-19(22)27/h1,3-5,7-10,12-13,15-17,21,25,28,36H,2,6,11,14,18H2. The molecule has 1 saturated heterocycles. The highest BCUT2D eigenvalue weighted by Crippen LogP contribution is 2.42. The van der Waals surface area contributed by atoms with Crippen LogP contribution in [0.25, 0.3) is 32.4 Å². The molecule has 7 rings (SSSR count). The molecule has 3 atom stereocenters. The molecule has 0 spiro atoms. The Morgan fingerprint density at radius 1 is 0.929 bits per heavy atom. The smallest absolute Gasteiger partial charge is 0.295 e. The molecule has 0 radical (unpaired) electrons. The summed E-state index contributed by atoms with van der Waals surface area (Å²) in [5.41, 5.74) is 0.832. The number of nitrogens with zero attached hydrogens (tertiary/aromatic N) is 3. The predicted octanol–water partition coefficient (Wildman–Crippen LogP) is 8.14. The van der Waals surface area contributed by atoms with Gasteiger partial charge in [-0.25, -0.2) is 9.97 Å². The van der Waals surface area contributed by atoms with E-state index < -0.39 is 17.9 Å². The molecule has 5 aromatic rings. The van der Waals surface area contributed by atoms with Crippen LogP contribution in [-0.4, -0.2) is 33.8 Å². The fourth-order valence-corrected chi connectivity index (χ4v) is 8.18. The van der Waals surface area contributed by atoms with E-state index in [1.807, 2.05) is 36.4 Å². The molecule has 1 saturated carbocycles. The van der Waals surface area contributed by atoms with Gasteiger partial charge >= 0.3 is 6.18 Å². The van der Waals surface area contributed by atoms with Crippen molar-refractivity contribution in [2.24, 2.45) is 5.92 Å². The summed E-state index contributed by atoms with van der Waals surface area (Å²) in [4.78, 5) is 25.1. The molecular weight excluding hydrogens is 578 g/mol. The van der Waals surface area contributed by atoms with Gasteiger partial charge in [0.15, 0.2) is 5.82 Å². The maximum atomic E-state index is 14.1. The van der Waals surface area contributed by atoms with Crippen LogP contribution >= 0.6 is 23.1 Å². The zero-order valence-electron chi connectivity index (χ0n) is 22.5. The van der Waals surface area contributed by atoms with Crippen LogP contribution in [0.4, 0.5) is 18.9 Å². The normalized spacial score (nSPS) is 21.2. The number of halogens is 3. The zero-order chi connectivity index (χ0) is 28.8. The summed E-state index contributed by atoms with van der Waals surface area (Å²) in [6.07, 6.45) is -1.82. The number of benzene rings is 3. The van der Waals surface area contributed by atoms with Crippen molar-refractivity contribution in [3.05, 3.63) is 83.7 Å². The van der Waals surface area contributed by atoms with Crippen LogP contribution in [-0.2, 0) is 11.0 Å². The molecule has 1 amide bonds. The highest BCUT2D eigenvalue weighted by Gasteiger charge is 2.45. The third kappa shape index (κ3) is 4.95. The predicted molar refractivity (Wildman–Crippen MR) is 163 cm³/mol. The first kappa shape index (κ1) is 27.4. The van der Waals surface area contributed by atoms with Gasteiger partial charge in [-0.2, -0.15) is 13.2 Å². The molecule has 10 heteroatoms. The van der Waals surface area contributed by atoms with Crippen LogP contribution in [0.2, 0.25) is 0 Å². The van der Waals surface area contributed by atoms with Gasteiger partial charge in [0, 0.05) is 38.2 Å². The Morgan fingerprint density at radius 3 is 2.52 bits per heavy atom. The summed E-state index contributed by atoms with van der Waals surface area (Å²) in [5.74, 6) is 0.359. The van der Waals surface area contributed by atoms with Crippen LogP contribution < -0.4 is 10.2 Å². The van der Waals surface area contributed by atoms with Gasteiger partial charge in [0.2, 0.25) is 5.91 Å². The number of anilines is 1. The highest BCUT2D eigenvalue weighted by molar-refractivity contribution is 7.99. The molecule has 2 aromatic heterocycles. The van der Waals surface area contributed by atoms with Gasteiger partial charge < -0.3 is 0 Å². The monoisotopic (exact) mass is 604 g/mol. The van der Waals surface area contributed by atoms with Crippen LogP contribution in [0.3, 0.4) is 0 Å². The number of nitrogens with one attached hydrogen (secondary N) is 1. The summed E-state index contributed by atoms with van der Waals surface area (Å²) in [7, 11) is 0. The Kier molecular flexibility index (Phi) is 7.16. The Morgan fingerprint density at radius 2 is 1.67 bits per heavy atom. The molecule has 5 nitrogen and oxygen atoms in total. The third-order valence-electron chi connectivity index (χ3n) is 8.18. The largest absolute Gasteiger partial charge is 0.418 e. The first-order chi connectivity index (χ1) is 20.4. The number of amides is 1. The zero-order valence-corrected chi connectivity index (χ0v) is 24.1. The molecule has 3 unspecified atom stereocenters. The van der Waals surface area contributed by atoms with E-state index in [-0.39, 0.29) is 23.6 Å². The lowest BCUT2D eigenvalue weighted by atomic mass is 9.81. The molecule has 1 aliphatic carbocycles. The Balaban J connectivity index is 1.27. The van der Waals surface area contributed by atoms with E-state index >= 15 is 0 Å². The van der Waals surface area contributed by atoms with Crippen molar-refractivity contribution in [3.63, 3.8) is 0 Å². The van der Waals surface area contributed by atoms with E-state index in [0.717, 1.165) is 56.9 Å². The van der Waals surface area contributed by atoms with Gasteiger partial charge in [0.25, 0.3) is 0 Å². The summed E-state index contributed by atoms with van der Waals surface area (Å²) in [5, 5.41) is 8.31. The number of hydrogen-bond acceptors (Lipinski definition) is 6. The Bertz CT molecular complexity index is 1790. The summed E-state index contributed by atoms with van der Waals surface area (Å²) >= 11 is 3.08. The van der Waals surface area contributed by atoms with Crippen LogP contribution in [0.1, 0.15) is 31.2 Å². The minimum atomic E-state index is -4.58. The number of rotatable bonds is 5. The van der Waals surface area contributed by atoms with Crippen LogP contribution in [0.5, 0.6) is 0 Å². The number of para-hydroxylation sites is 2. The summed E-state index contributed by atoms with van der Waals surface area (Å²) < 4.78 is 43.5. The highest BCUT2D eigenvalue weighted by atomic mass is 32.2. The molecule has 3 heterocycles. The molecule has 42 heavy (non-hydrogen) atoms. The second kappa shape index (κ2) is 11.0. The second-order valence-electron chi connectivity index (χ2n) is 10.7. The van der Waals surface area contributed by atoms with Gasteiger partial charge in [0.05, 0.1) is 28.9 Å². The molecule has 0 bridgehead atoms. The third-order valence-corrected chi connectivity index (χ3v) is 10.2. The Hall–Kier alpha value is -3.47. The topological polar surface area (TPSA) is 58.1 Å². The number of thiophene rings is 1. The maximum absolute atomic E-state index is 14.1. The lowest BCUT2D eigenvalue weighted by Crippen LogP contribution is -2.65. The number of alkyl halides is 3. The summed E-state index contributed by atoms with van der Waals surface area (Å²) in [6, 6.07) is 21.2. The second-order valence-corrected chi connectivity index (χ2v) is 12.6. The van der Waals surface area contributed by atoms with Crippen molar-refractivity contribution in [1.29, 1.82) is 0 Å². The van der Waals surface area contributed by atoms with Gasteiger partial charge in [-0.1, -0.05) is 61.4 Å². The lowest BCUT2D eigenvalue weighted by molar-refractivity contribution is -0.137. The lowest BCUT2D eigenvalue weighted by Gasteiger charge is -2.46. The molecule has 2 aliphatic rings. The molecule has 214 valence electrons. The van der Waals surface area contributed by atoms with Crippen LogP contribution in [0, 0.1) is 5.92 Å². The molecule has 2 fully saturated rings. The van der Waals surface area contributed by atoms with Crippen molar-refractivity contribution in [3.8, 4) is 11.4 Å². The molecule has 1 N–H and O–H groups in total. The van der Waals surface area contributed by atoms with Crippen molar-refractivity contribution < 1.29 is 18.0 Å². The van der Waals surface area contributed by atoms with Crippen molar-refractivity contribution in [2.45, 2.75) is 49.1 Å². The van der Waals surface area contributed by atoms with Gasteiger partial charge in [-0.3, -0.25) is 15.0 Å². The average Bonchev–Trinajstić information content (AvgIpc) is 3.44. The van der Waals surface area contributed by atoms with E-state index in [9.17, 15) is 18.0 Å². The fourth-order valence-electron chi connectivity index (χ4n) is 6.20. The fraction of sp³-hybridized carbons (Fsp3) is 0.281. The SMILES string of the molecule is O=C1C2CCCCC2NC(CSc2nc(-c3csc4ccccc34)nc3ccccc23)N1c1ccccc1C(F)(F)F. The minimum Gasteiger partial charge on any atom is -0.295 e. The molecule has 1 aliphatic heterocycles. The number of carbonyl (C=O) groups excluding carboxylic acids is 1. The van der Waals surface area contributed by atoms with Gasteiger partial charge in [-0.05, 0) is 37.1 Å². The number of carbonyl (C=O) groups is 1. The van der Waals surface area contributed by atoms with Gasteiger partial charge in [0.1, 0.15) is 5.03 Å². The number of fused-ring (bicyclic) bond motifs is 3. The van der Waals surface area contributed by atoms with Crippen molar-refractivity contribution >= 4 is 55.7 Å². The Labute approximate surface area is 249 Å². The quantitative estimate of drug-likeness (QED) is 0.162. The van der Waals surface area contributed by atoms with Crippen LogP contribution in [0.15, 0.2) is 83.2 Å². The van der Waals surface area contributed by atoms with Crippen molar-refractivity contribution in [2.75, 3.05) is 10.7 Å². The maximum Gasteiger partial charge on any atom is 0.418 e. The number of thioether (sulfide) groups is 1. The van der Waals surface area contributed by atoms with E-state index in [1.54, 1.807) is 17.4 Å². The van der Waals surface area contributed by atoms with E-state index in [1.165, 1.54) is 28.8 Å². The van der Waals surface area contributed by atoms with Gasteiger partial charge in [-0.15, -0.1) is 23.1 Å². The minimum absolute atomic E-state index is 0.0546. The molecular formula is C32H27F3N4OS2. The summed E-state index contributed by atoms with van der Waals surface area (Å²) in [6.45, 7) is 0. The first-order valence-corrected chi connectivity index (χ1v) is 15.9. The molecule has 3 aromatic carbocycles. The average molecular weight is 605 g/mol. The number of hydrogen-bond donors (Lipinski definition) is 1.